The minimum atomic E-state index is -0.00987. The highest BCUT2D eigenvalue weighted by Gasteiger charge is 2.31. The number of hydrogen-bond acceptors (Lipinski definition) is 3. The number of aromatic nitrogens is 3. The van der Waals surface area contributed by atoms with Crippen molar-refractivity contribution in [3.05, 3.63) is 48.4 Å². The van der Waals surface area contributed by atoms with Crippen molar-refractivity contribution in [3.63, 3.8) is 0 Å². The maximum Gasteiger partial charge on any atom is 0.329 e. The van der Waals surface area contributed by atoms with Crippen LogP contribution in [0.25, 0.3) is 10.9 Å². The molecule has 1 fully saturated rings. The molecule has 0 aliphatic carbocycles. The predicted octanol–water partition coefficient (Wildman–Crippen LogP) is 2.72. The van der Waals surface area contributed by atoms with Gasteiger partial charge in [-0.2, -0.15) is 5.10 Å². The smallest absolute Gasteiger partial charge is 0.292 e. The number of fused-ring (bicyclic) bond motifs is 1. The first-order valence-electron chi connectivity index (χ1n) is 7.56. The van der Waals surface area contributed by atoms with Crippen molar-refractivity contribution in [2.75, 3.05) is 22.9 Å². The molecule has 23 heavy (non-hydrogen) atoms. The number of aryl methyl sites for hydroxylation is 2. The Hall–Kier alpha value is -2.89. The molecule has 0 unspecified atom stereocenters. The summed E-state index contributed by atoms with van der Waals surface area (Å²) in [6, 6.07) is 7.90. The van der Waals surface area contributed by atoms with E-state index < -0.39 is 0 Å². The van der Waals surface area contributed by atoms with Crippen LogP contribution in [0.2, 0.25) is 0 Å². The third-order valence-corrected chi connectivity index (χ3v) is 4.35. The average molecular weight is 307 g/mol. The van der Waals surface area contributed by atoms with Gasteiger partial charge in [-0.3, -0.25) is 19.5 Å². The molecule has 0 atom stereocenters. The summed E-state index contributed by atoms with van der Waals surface area (Å²) in [4.78, 5) is 20.5. The molecule has 0 N–H and O–H groups in total. The third-order valence-electron chi connectivity index (χ3n) is 4.35. The summed E-state index contributed by atoms with van der Waals surface area (Å²) >= 11 is 0. The molecule has 1 aromatic carbocycles. The second kappa shape index (κ2) is 5.08. The lowest BCUT2D eigenvalue weighted by Crippen LogP contribution is -2.32. The molecule has 116 valence electrons. The van der Waals surface area contributed by atoms with Crippen LogP contribution >= 0.6 is 0 Å². The zero-order valence-electron chi connectivity index (χ0n) is 13.1. The highest BCUT2D eigenvalue weighted by molar-refractivity contribution is 6.07. The van der Waals surface area contributed by atoms with E-state index in [0.29, 0.717) is 13.1 Å². The molecule has 6 heteroatoms. The summed E-state index contributed by atoms with van der Waals surface area (Å²) in [7, 11) is 1.91. The maximum atomic E-state index is 12.8. The second-order valence-electron chi connectivity index (χ2n) is 5.76. The monoisotopic (exact) mass is 307 g/mol. The van der Waals surface area contributed by atoms with Gasteiger partial charge in [-0.15, -0.1) is 0 Å². The summed E-state index contributed by atoms with van der Waals surface area (Å²) in [5.41, 5.74) is 3.89. The Labute approximate surface area is 133 Å². The van der Waals surface area contributed by atoms with Gasteiger partial charge >= 0.3 is 6.03 Å². The molecule has 6 nitrogen and oxygen atoms in total. The molecular weight excluding hydrogens is 290 g/mol. The second-order valence-corrected chi connectivity index (χ2v) is 5.76. The van der Waals surface area contributed by atoms with Crippen LogP contribution in [0.4, 0.5) is 16.2 Å². The largest absolute Gasteiger partial charge is 0.329 e. The standard InChI is InChI=1S/C17H17N5O/c1-12-5-6-18-11-16(12)22-8-7-21(17(22)23)14-3-4-15-13(9-14)10-19-20(15)2/h3-6,9-11H,7-8H2,1-2H3. The van der Waals surface area contributed by atoms with E-state index in [4.69, 9.17) is 0 Å². The molecule has 0 spiro atoms. The fraction of sp³-hybridized carbons (Fsp3) is 0.235. The molecule has 0 radical (unpaired) electrons. The highest BCUT2D eigenvalue weighted by Crippen LogP contribution is 2.28. The number of carbonyl (C=O) groups excluding carboxylic acids is 1. The minimum Gasteiger partial charge on any atom is -0.292 e. The fourth-order valence-corrected chi connectivity index (χ4v) is 3.06. The summed E-state index contributed by atoms with van der Waals surface area (Å²) in [5.74, 6) is 0. The van der Waals surface area contributed by atoms with Gasteiger partial charge in [0.1, 0.15) is 0 Å². The first-order valence-corrected chi connectivity index (χ1v) is 7.56. The van der Waals surface area contributed by atoms with Crippen LogP contribution in [0.5, 0.6) is 0 Å². The van der Waals surface area contributed by atoms with Crippen LogP contribution < -0.4 is 9.80 Å². The van der Waals surface area contributed by atoms with E-state index >= 15 is 0 Å². The van der Waals surface area contributed by atoms with Crippen LogP contribution in [0.15, 0.2) is 42.9 Å². The molecule has 2 amide bonds. The number of urea groups is 1. The number of nitrogens with zero attached hydrogens (tertiary/aromatic N) is 5. The van der Waals surface area contributed by atoms with Crippen molar-refractivity contribution in [2.45, 2.75) is 6.92 Å². The van der Waals surface area contributed by atoms with Gasteiger partial charge < -0.3 is 0 Å². The Kier molecular flexibility index (Phi) is 3.04. The van der Waals surface area contributed by atoms with Crippen molar-refractivity contribution in [3.8, 4) is 0 Å². The summed E-state index contributed by atoms with van der Waals surface area (Å²) in [6.07, 6.45) is 5.32. The number of hydrogen-bond donors (Lipinski definition) is 0. The third kappa shape index (κ3) is 2.14. The Morgan fingerprint density at radius 3 is 2.74 bits per heavy atom. The van der Waals surface area contributed by atoms with Crippen molar-refractivity contribution < 1.29 is 4.79 Å². The van der Waals surface area contributed by atoms with Crippen LogP contribution in [-0.2, 0) is 7.05 Å². The zero-order chi connectivity index (χ0) is 16.0. The molecule has 1 saturated heterocycles. The molecule has 1 aliphatic rings. The summed E-state index contributed by atoms with van der Waals surface area (Å²) < 4.78 is 1.83. The van der Waals surface area contributed by atoms with Crippen LogP contribution in [0.3, 0.4) is 0 Å². The minimum absolute atomic E-state index is 0.00987. The van der Waals surface area contributed by atoms with E-state index in [1.807, 2.05) is 49.1 Å². The molecule has 3 heterocycles. The van der Waals surface area contributed by atoms with Gasteiger partial charge in [0, 0.05) is 37.4 Å². The van der Waals surface area contributed by atoms with Crippen LogP contribution in [0, 0.1) is 6.92 Å². The quantitative estimate of drug-likeness (QED) is 0.731. The lowest BCUT2D eigenvalue weighted by molar-refractivity contribution is 0.256. The van der Waals surface area contributed by atoms with Crippen molar-refractivity contribution in [2.24, 2.45) is 7.05 Å². The topological polar surface area (TPSA) is 54.3 Å². The number of anilines is 2. The lowest BCUT2D eigenvalue weighted by atomic mass is 10.2. The molecule has 1 aliphatic heterocycles. The fourth-order valence-electron chi connectivity index (χ4n) is 3.06. The zero-order valence-corrected chi connectivity index (χ0v) is 13.1. The van der Waals surface area contributed by atoms with E-state index in [9.17, 15) is 4.79 Å². The van der Waals surface area contributed by atoms with Gasteiger partial charge in [0.05, 0.1) is 23.6 Å². The highest BCUT2D eigenvalue weighted by atomic mass is 16.2. The van der Waals surface area contributed by atoms with Gasteiger partial charge in [-0.05, 0) is 36.8 Å². The summed E-state index contributed by atoms with van der Waals surface area (Å²) in [6.45, 7) is 3.32. The Morgan fingerprint density at radius 1 is 1.09 bits per heavy atom. The average Bonchev–Trinajstić information content (AvgIpc) is 3.11. The van der Waals surface area contributed by atoms with Gasteiger partial charge in [-0.1, -0.05) is 0 Å². The van der Waals surface area contributed by atoms with Crippen molar-refractivity contribution >= 4 is 28.3 Å². The Balaban J connectivity index is 1.67. The normalized spacial score (nSPS) is 15.0. The van der Waals surface area contributed by atoms with Crippen molar-refractivity contribution in [1.82, 2.24) is 14.8 Å². The number of pyridine rings is 1. The number of rotatable bonds is 2. The first kappa shape index (κ1) is 13.8. The van der Waals surface area contributed by atoms with Gasteiger partial charge in [0.2, 0.25) is 0 Å². The number of benzene rings is 1. The van der Waals surface area contributed by atoms with E-state index in [0.717, 1.165) is 27.8 Å². The van der Waals surface area contributed by atoms with Gasteiger partial charge in [0.25, 0.3) is 0 Å². The molecule has 3 aromatic rings. The molecule has 2 aromatic heterocycles. The molecule has 0 saturated carbocycles. The number of carbonyl (C=O) groups is 1. The van der Waals surface area contributed by atoms with E-state index in [-0.39, 0.29) is 6.03 Å². The first-order chi connectivity index (χ1) is 11.1. The predicted molar refractivity (Wildman–Crippen MR) is 89.8 cm³/mol. The van der Waals surface area contributed by atoms with E-state index in [2.05, 4.69) is 10.1 Å². The van der Waals surface area contributed by atoms with Crippen LogP contribution in [-0.4, -0.2) is 33.9 Å². The van der Waals surface area contributed by atoms with Crippen molar-refractivity contribution in [1.29, 1.82) is 0 Å². The van der Waals surface area contributed by atoms with Gasteiger partial charge in [-0.25, -0.2) is 4.79 Å². The lowest BCUT2D eigenvalue weighted by Gasteiger charge is -2.20. The Morgan fingerprint density at radius 2 is 1.91 bits per heavy atom. The van der Waals surface area contributed by atoms with Gasteiger partial charge in [0.15, 0.2) is 0 Å². The SMILES string of the molecule is Cc1ccncc1N1CCN(c2ccc3c(cnn3C)c2)C1=O. The van der Waals surface area contributed by atoms with Crippen LogP contribution in [0.1, 0.15) is 5.56 Å². The molecule has 4 rings (SSSR count). The van der Waals surface area contributed by atoms with E-state index in [1.165, 1.54) is 0 Å². The maximum absolute atomic E-state index is 12.8. The molecule has 0 bridgehead atoms. The van der Waals surface area contributed by atoms with E-state index in [1.54, 1.807) is 22.2 Å². The number of amides is 2. The Bertz CT molecular complexity index is 901. The molecular formula is C17H17N5O. The summed E-state index contributed by atoms with van der Waals surface area (Å²) in [5, 5.41) is 5.29.